The van der Waals surface area contributed by atoms with Gasteiger partial charge in [-0.1, -0.05) is 0 Å². The van der Waals surface area contributed by atoms with Crippen molar-refractivity contribution < 1.29 is 22.4 Å². The summed E-state index contributed by atoms with van der Waals surface area (Å²) in [6.45, 7) is 0.463. The minimum Gasteiger partial charge on any atom is -0.340 e. The van der Waals surface area contributed by atoms with Crippen LogP contribution in [-0.4, -0.2) is 36.2 Å². The standard InChI is InChI=1S/C8H11F4NO/c9-6(8(10,11)12)7(14)13-4-2-1-3-5-13/h6H,1-5H2. The molecule has 1 heterocycles. The summed E-state index contributed by atoms with van der Waals surface area (Å²) < 4.78 is 48.1. The van der Waals surface area contributed by atoms with Crippen LogP contribution in [0.5, 0.6) is 0 Å². The highest BCUT2D eigenvalue weighted by molar-refractivity contribution is 5.81. The molecule has 1 aliphatic rings. The van der Waals surface area contributed by atoms with Crippen molar-refractivity contribution in [2.75, 3.05) is 13.1 Å². The largest absolute Gasteiger partial charge is 0.428 e. The van der Waals surface area contributed by atoms with Crippen molar-refractivity contribution >= 4 is 5.91 Å². The highest BCUT2D eigenvalue weighted by Gasteiger charge is 2.47. The summed E-state index contributed by atoms with van der Waals surface area (Å²) in [5.74, 6) is -1.45. The maximum atomic E-state index is 12.6. The third-order valence-electron chi connectivity index (χ3n) is 2.17. The van der Waals surface area contributed by atoms with Crippen LogP contribution in [0.2, 0.25) is 0 Å². The van der Waals surface area contributed by atoms with Crippen molar-refractivity contribution in [3.63, 3.8) is 0 Å². The molecular formula is C8H11F4NO. The summed E-state index contributed by atoms with van der Waals surface area (Å²) in [5, 5.41) is 0. The number of alkyl halides is 4. The first-order valence-electron chi connectivity index (χ1n) is 4.42. The normalized spacial score (nSPS) is 20.7. The zero-order valence-corrected chi connectivity index (χ0v) is 7.48. The van der Waals surface area contributed by atoms with E-state index in [-0.39, 0.29) is 13.1 Å². The molecular weight excluding hydrogens is 202 g/mol. The average molecular weight is 213 g/mol. The number of carbonyl (C=O) groups excluding carboxylic acids is 1. The van der Waals surface area contributed by atoms with Gasteiger partial charge in [0.25, 0.3) is 12.1 Å². The van der Waals surface area contributed by atoms with Gasteiger partial charge < -0.3 is 4.90 Å². The maximum Gasteiger partial charge on any atom is 0.428 e. The highest BCUT2D eigenvalue weighted by Crippen LogP contribution is 2.25. The summed E-state index contributed by atoms with van der Waals surface area (Å²) >= 11 is 0. The molecule has 14 heavy (non-hydrogen) atoms. The van der Waals surface area contributed by atoms with Gasteiger partial charge in [-0.25, -0.2) is 4.39 Å². The van der Waals surface area contributed by atoms with Gasteiger partial charge in [0.15, 0.2) is 0 Å². The van der Waals surface area contributed by atoms with Gasteiger partial charge in [0.1, 0.15) is 0 Å². The quantitative estimate of drug-likeness (QED) is 0.609. The van der Waals surface area contributed by atoms with E-state index in [1.54, 1.807) is 0 Å². The van der Waals surface area contributed by atoms with Crippen molar-refractivity contribution in [2.45, 2.75) is 31.6 Å². The van der Waals surface area contributed by atoms with Crippen molar-refractivity contribution in [3.05, 3.63) is 0 Å². The number of hydrogen-bond donors (Lipinski definition) is 0. The van der Waals surface area contributed by atoms with Gasteiger partial charge in [0.05, 0.1) is 0 Å². The number of hydrogen-bond acceptors (Lipinski definition) is 1. The van der Waals surface area contributed by atoms with E-state index in [1.807, 2.05) is 0 Å². The van der Waals surface area contributed by atoms with Crippen molar-refractivity contribution in [1.82, 2.24) is 4.90 Å². The monoisotopic (exact) mass is 213 g/mol. The van der Waals surface area contributed by atoms with E-state index in [0.717, 1.165) is 11.3 Å². The van der Waals surface area contributed by atoms with Crippen molar-refractivity contribution in [1.29, 1.82) is 0 Å². The fourth-order valence-corrected chi connectivity index (χ4v) is 1.41. The van der Waals surface area contributed by atoms with Crippen LogP contribution in [0.3, 0.4) is 0 Å². The fourth-order valence-electron chi connectivity index (χ4n) is 1.41. The molecule has 1 unspecified atom stereocenters. The Hall–Kier alpha value is -0.810. The smallest absolute Gasteiger partial charge is 0.340 e. The predicted octanol–water partition coefficient (Wildman–Crippen LogP) is 1.90. The Bertz CT molecular complexity index is 210. The minimum absolute atomic E-state index is 0.231. The first-order valence-corrected chi connectivity index (χ1v) is 4.42. The number of carbonyl (C=O) groups is 1. The van der Waals surface area contributed by atoms with Gasteiger partial charge >= 0.3 is 6.18 Å². The Morgan fingerprint density at radius 1 is 1.14 bits per heavy atom. The molecule has 0 spiro atoms. The summed E-state index contributed by atoms with van der Waals surface area (Å²) in [4.78, 5) is 11.9. The Kier molecular flexibility index (Phi) is 3.34. The van der Waals surface area contributed by atoms with Crippen LogP contribution in [0.1, 0.15) is 19.3 Å². The molecule has 0 aromatic heterocycles. The van der Waals surface area contributed by atoms with E-state index < -0.39 is 18.3 Å². The first-order chi connectivity index (χ1) is 6.43. The van der Waals surface area contributed by atoms with Gasteiger partial charge in [-0.15, -0.1) is 0 Å². The number of rotatable bonds is 1. The number of halogens is 4. The second-order valence-electron chi connectivity index (χ2n) is 3.29. The van der Waals surface area contributed by atoms with E-state index in [2.05, 4.69) is 0 Å². The van der Waals surface area contributed by atoms with Crippen LogP contribution in [0.15, 0.2) is 0 Å². The van der Waals surface area contributed by atoms with Gasteiger partial charge in [-0.05, 0) is 19.3 Å². The summed E-state index contributed by atoms with van der Waals surface area (Å²) in [6, 6.07) is 0. The number of likely N-dealkylation sites (tertiary alicyclic amines) is 1. The molecule has 0 radical (unpaired) electrons. The third kappa shape index (κ3) is 2.59. The van der Waals surface area contributed by atoms with Crippen molar-refractivity contribution in [3.8, 4) is 0 Å². The zero-order valence-electron chi connectivity index (χ0n) is 7.48. The first kappa shape index (κ1) is 11.3. The Labute approximate surface area is 78.9 Å². The van der Waals surface area contributed by atoms with Gasteiger partial charge in [-0.3, -0.25) is 4.79 Å². The predicted molar refractivity (Wildman–Crippen MR) is 41.4 cm³/mol. The highest BCUT2D eigenvalue weighted by atomic mass is 19.4. The Balaban J connectivity index is 2.55. The van der Waals surface area contributed by atoms with Crippen LogP contribution in [0.25, 0.3) is 0 Å². The molecule has 1 saturated heterocycles. The molecule has 0 aliphatic carbocycles. The lowest BCUT2D eigenvalue weighted by atomic mass is 10.1. The maximum absolute atomic E-state index is 12.6. The molecule has 82 valence electrons. The lowest BCUT2D eigenvalue weighted by Gasteiger charge is -2.28. The molecule has 1 fully saturated rings. The lowest BCUT2D eigenvalue weighted by molar-refractivity contribution is -0.193. The molecule has 1 aliphatic heterocycles. The molecule has 0 aromatic carbocycles. The molecule has 1 amide bonds. The minimum atomic E-state index is -5.07. The number of amides is 1. The summed E-state index contributed by atoms with van der Waals surface area (Å²) in [7, 11) is 0. The molecule has 0 saturated carbocycles. The Morgan fingerprint density at radius 3 is 2.07 bits per heavy atom. The molecule has 6 heteroatoms. The number of nitrogens with zero attached hydrogens (tertiary/aromatic N) is 1. The SMILES string of the molecule is O=C(C(F)C(F)(F)F)N1CCCCC1. The molecule has 0 N–H and O–H groups in total. The van der Waals surface area contributed by atoms with Crippen LogP contribution in [0, 0.1) is 0 Å². The second-order valence-corrected chi connectivity index (χ2v) is 3.29. The van der Waals surface area contributed by atoms with E-state index in [4.69, 9.17) is 0 Å². The van der Waals surface area contributed by atoms with Gasteiger partial charge in [0.2, 0.25) is 0 Å². The second kappa shape index (κ2) is 4.14. The van der Waals surface area contributed by atoms with Gasteiger partial charge in [-0.2, -0.15) is 13.2 Å². The number of piperidine rings is 1. The lowest BCUT2D eigenvalue weighted by Crippen LogP contribution is -2.46. The average Bonchev–Trinajstić information content (AvgIpc) is 2.15. The van der Waals surface area contributed by atoms with E-state index in [9.17, 15) is 22.4 Å². The summed E-state index contributed by atoms with van der Waals surface area (Å²) in [5.41, 5.74) is 0. The molecule has 0 bridgehead atoms. The zero-order chi connectivity index (χ0) is 10.8. The van der Waals surface area contributed by atoms with E-state index in [1.165, 1.54) is 0 Å². The molecule has 1 atom stereocenters. The van der Waals surface area contributed by atoms with Crippen molar-refractivity contribution in [2.24, 2.45) is 0 Å². The van der Waals surface area contributed by atoms with Crippen LogP contribution >= 0.6 is 0 Å². The Morgan fingerprint density at radius 2 is 1.64 bits per heavy atom. The van der Waals surface area contributed by atoms with E-state index in [0.29, 0.717) is 12.8 Å². The van der Waals surface area contributed by atoms with Crippen LogP contribution < -0.4 is 0 Å². The molecule has 1 rings (SSSR count). The van der Waals surface area contributed by atoms with E-state index >= 15 is 0 Å². The molecule has 2 nitrogen and oxygen atoms in total. The fraction of sp³-hybridized carbons (Fsp3) is 0.875. The van der Waals surface area contributed by atoms with Crippen LogP contribution in [-0.2, 0) is 4.79 Å². The topological polar surface area (TPSA) is 20.3 Å². The van der Waals surface area contributed by atoms with Crippen LogP contribution in [0.4, 0.5) is 17.6 Å². The third-order valence-corrected chi connectivity index (χ3v) is 2.17. The van der Waals surface area contributed by atoms with Gasteiger partial charge in [0, 0.05) is 13.1 Å². The summed E-state index contributed by atoms with van der Waals surface area (Å²) in [6.07, 6.45) is -6.26. The molecule has 0 aromatic rings.